The molecule has 0 saturated carbocycles. The number of hydrogen-bond donors (Lipinski definition) is 0. The van der Waals surface area contributed by atoms with Crippen LogP contribution in [-0.4, -0.2) is 44.0 Å². The second-order valence-electron chi connectivity index (χ2n) is 4.48. The lowest BCUT2D eigenvalue weighted by Crippen LogP contribution is -2.39. The molecule has 18 heavy (non-hydrogen) atoms. The van der Waals surface area contributed by atoms with Crippen molar-refractivity contribution in [3.63, 3.8) is 0 Å². The molecule has 0 bridgehead atoms. The number of nitrogens with zero attached hydrogens (tertiary/aromatic N) is 3. The minimum Gasteiger partial charge on any atom is -0.465 e. The molecule has 0 spiro atoms. The fraction of sp³-hybridized carbons (Fsp3) is 0.615. The van der Waals surface area contributed by atoms with Crippen molar-refractivity contribution in [2.75, 3.05) is 20.7 Å². The highest BCUT2D eigenvalue weighted by atomic mass is 16.5. The van der Waals surface area contributed by atoms with Crippen molar-refractivity contribution in [2.24, 2.45) is 21.5 Å². The van der Waals surface area contributed by atoms with Gasteiger partial charge in [-0.3, -0.25) is 4.79 Å². The summed E-state index contributed by atoms with van der Waals surface area (Å²) in [5, 5.41) is 7.77. The van der Waals surface area contributed by atoms with Gasteiger partial charge in [-0.25, -0.2) is 0 Å². The Morgan fingerprint density at radius 3 is 2.72 bits per heavy atom. The van der Waals surface area contributed by atoms with Crippen LogP contribution in [0.4, 0.5) is 0 Å². The quantitative estimate of drug-likeness (QED) is 0.699. The average Bonchev–Trinajstić information content (AvgIpc) is 2.37. The molecule has 0 fully saturated rings. The number of allylic oxidation sites excluding steroid dienone is 1. The molecule has 0 N–H and O–H groups in total. The molecule has 1 aliphatic rings. The van der Waals surface area contributed by atoms with Gasteiger partial charge in [0.25, 0.3) is 0 Å². The Kier molecular flexibility index (Phi) is 5.07. The highest BCUT2D eigenvalue weighted by molar-refractivity contribution is 5.97. The van der Waals surface area contributed by atoms with Crippen molar-refractivity contribution in [2.45, 2.75) is 20.3 Å². The molecule has 1 heterocycles. The van der Waals surface area contributed by atoms with Gasteiger partial charge in [0.05, 0.1) is 6.61 Å². The molecule has 0 amide bonds. The molecule has 100 valence electrons. The molecule has 0 radical (unpaired) electrons. The molecule has 0 aromatic carbocycles. The Balaban J connectivity index is 3.01. The van der Waals surface area contributed by atoms with Crippen LogP contribution < -0.4 is 0 Å². The van der Waals surface area contributed by atoms with E-state index in [1.54, 1.807) is 19.4 Å². The number of esters is 1. The smallest absolute Gasteiger partial charge is 0.315 e. The first-order valence-electron chi connectivity index (χ1n) is 6.16. The van der Waals surface area contributed by atoms with Crippen LogP contribution in [0.3, 0.4) is 0 Å². The van der Waals surface area contributed by atoms with Gasteiger partial charge in [0.1, 0.15) is 5.92 Å². The summed E-state index contributed by atoms with van der Waals surface area (Å²) >= 11 is 0. The fourth-order valence-corrected chi connectivity index (χ4v) is 1.84. The summed E-state index contributed by atoms with van der Waals surface area (Å²) < 4.78 is 5.11. The zero-order valence-corrected chi connectivity index (χ0v) is 11.5. The van der Waals surface area contributed by atoms with E-state index in [0.717, 1.165) is 6.42 Å². The first kappa shape index (κ1) is 14.4. The zero-order valence-electron chi connectivity index (χ0n) is 11.5. The van der Waals surface area contributed by atoms with E-state index in [9.17, 15) is 4.79 Å². The van der Waals surface area contributed by atoms with Gasteiger partial charge in [-0.2, -0.15) is 10.2 Å². The topological polar surface area (TPSA) is 54.3 Å². The third-order valence-electron chi connectivity index (χ3n) is 3.00. The van der Waals surface area contributed by atoms with Crippen LogP contribution in [0, 0.1) is 11.3 Å². The summed E-state index contributed by atoms with van der Waals surface area (Å²) in [4.78, 5) is 13.9. The first-order valence-corrected chi connectivity index (χ1v) is 6.16. The Hall–Kier alpha value is -1.65. The highest BCUT2D eigenvalue weighted by Crippen LogP contribution is 2.33. The molecular formula is C13H21N3O2. The minimum atomic E-state index is -0.446. The van der Waals surface area contributed by atoms with Gasteiger partial charge in [0.15, 0.2) is 0 Å². The molecule has 0 aliphatic carbocycles. The van der Waals surface area contributed by atoms with Crippen LogP contribution in [-0.2, 0) is 9.53 Å². The van der Waals surface area contributed by atoms with Gasteiger partial charge in [-0.1, -0.05) is 13.0 Å². The van der Waals surface area contributed by atoms with Crippen molar-refractivity contribution >= 4 is 18.4 Å². The molecule has 1 aliphatic heterocycles. The molecule has 5 nitrogen and oxygen atoms in total. The second-order valence-corrected chi connectivity index (χ2v) is 4.48. The van der Waals surface area contributed by atoms with Crippen molar-refractivity contribution in [3.8, 4) is 0 Å². The van der Waals surface area contributed by atoms with Gasteiger partial charge in [0.2, 0.25) is 0 Å². The largest absolute Gasteiger partial charge is 0.465 e. The lowest BCUT2D eigenvalue weighted by molar-refractivity contribution is -0.147. The maximum atomic E-state index is 12.0. The third kappa shape index (κ3) is 3.18. The lowest BCUT2D eigenvalue weighted by Gasteiger charge is -2.32. The predicted molar refractivity (Wildman–Crippen MR) is 72.7 cm³/mol. The van der Waals surface area contributed by atoms with E-state index >= 15 is 0 Å². The van der Waals surface area contributed by atoms with Crippen LogP contribution in [0.1, 0.15) is 20.3 Å². The molecule has 0 saturated heterocycles. The Labute approximate surface area is 108 Å². The minimum absolute atomic E-state index is 0.252. The van der Waals surface area contributed by atoms with E-state index < -0.39 is 11.3 Å². The average molecular weight is 251 g/mol. The number of hydrogen-bond acceptors (Lipinski definition) is 5. The normalized spacial score (nSPS) is 26.6. The van der Waals surface area contributed by atoms with Gasteiger partial charge >= 0.3 is 5.97 Å². The number of carbonyl (C=O) groups is 1. The maximum absolute atomic E-state index is 12.0. The fourth-order valence-electron chi connectivity index (χ4n) is 1.84. The van der Waals surface area contributed by atoms with E-state index in [-0.39, 0.29) is 5.97 Å². The van der Waals surface area contributed by atoms with Gasteiger partial charge in [-0.15, -0.1) is 0 Å². The Bertz CT molecular complexity index is 374. The summed E-state index contributed by atoms with van der Waals surface area (Å²) in [5.41, 5.74) is -0.446. The Morgan fingerprint density at radius 2 is 2.17 bits per heavy atom. The van der Waals surface area contributed by atoms with Gasteiger partial charge < -0.3 is 9.64 Å². The lowest BCUT2D eigenvalue weighted by atomic mass is 9.74. The summed E-state index contributed by atoms with van der Waals surface area (Å²) in [6, 6.07) is 0. The monoisotopic (exact) mass is 251 g/mol. The highest BCUT2D eigenvalue weighted by Gasteiger charge is 2.40. The number of carbonyl (C=O) groups excluding carboxylic acids is 1. The first-order chi connectivity index (χ1) is 8.55. The molecule has 0 aromatic rings. The van der Waals surface area contributed by atoms with Crippen molar-refractivity contribution in [1.29, 1.82) is 0 Å². The summed E-state index contributed by atoms with van der Waals surface area (Å²) in [6.07, 6.45) is 7.98. The van der Waals surface area contributed by atoms with Crippen molar-refractivity contribution in [1.82, 2.24) is 4.90 Å². The Morgan fingerprint density at radius 1 is 1.44 bits per heavy atom. The zero-order chi connectivity index (χ0) is 13.6. The van der Waals surface area contributed by atoms with E-state index in [2.05, 4.69) is 10.2 Å². The summed E-state index contributed by atoms with van der Waals surface area (Å²) in [5.74, 6) is -0.659. The van der Waals surface area contributed by atoms with Gasteiger partial charge in [-0.05, 0) is 19.5 Å². The van der Waals surface area contributed by atoms with Crippen LogP contribution in [0.25, 0.3) is 0 Å². The predicted octanol–water partition coefficient (Wildman–Crippen LogP) is 1.71. The number of rotatable bonds is 5. The SMILES string of the molecule is CCOC(=O)C1C=NN=CC1(/C=C/N(C)C)CC. The van der Waals surface area contributed by atoms with E-state index in [1.807, 2.05) is 38.2 Å². The van der Waals surface area contributed by atoms with Crippen molar-refractivity contribution in [3.05, 3.63) is 12.3 Å². The van der Waals surface area contributed by atoms with E-state index in [4.69, 9.17) is 4.74 Å². The molecule has 2 atom stereocenters. The van der Waals surface area contributed by atoms with Crippen LogP contribution in [0.15, 0.2) is 22.5 Å². The van der Waals surface area contributed by atoms with Gasteiger partial charge in [0, 0.05) is 31.9 Å². The molecule has 5 heteroatoms. The van der Waals surface area contributed by atoms with Crippen LogP contribution in [0.2, 0.25) is 0 Å². The maximum Gasteiger partial charge on any atom is 0.315 e. The third-order valence-corrected chi connectivity index (χ3v) is 3.00. The summed E-state index contributed by atoms with van der Waals surface area (Å²) in [6.45, 7) is 4.20. The van der Waals surface area contributed by atoms with Crippen LogP contribution >= 0.6 is 0 Å². The number of ether oxygens (including phenoxy) is 1. The van der Waals surface area contributed by atoms with Crippen LogP contribution in [0.5, 0.6) is 0 Å². The van der Waals surface area contributed by atoms with Crippen molar-refractivity contribution < 1.29 is 9.53 Å². The molecule has 1 rings (SSSR count). The second kappa shape index (κ2) is 6.33. The van der Waals surface area contributed by atoms with E-state index in [0.29, 0.717) is 6.61 Å². The standard InChI is InChI=1S/C13H21N3O2/c1-5-13(7-8-16(3)4)10-15-14-9-11(13)12(17)18-6-2/h7-11H,5-6H2,1-4H3/b8-7+. The molecule has 0 aromatic heterocycles. The van der Waals surface area contributed by atoms with E-state index in [1.165, 1.54) is 0 Å². The molecular weight excluding hydrogens is 230 g/mol. The molecule has 2 unspecified atom stereocenters. The summed E-state index contributed by atoms with van der Waals surface area (Å²) in [7, 11) is 3.88.